The van der Waals surface area contributed by atoms with Gasteiger partial charge in [-0.05, 0) is 19.3 Å². The molecule has 0 heteroatoms. The lowest BCUT2D eigenvalue weighted by molar-refractivity contribution is 0.712. The van der Waals surface area contributed by atoms with Crippen molar-refractivity contribution in [1.29, 1.82) is 0 Å². The van der Waals surface area contributed by atoms with E-state index < -0.39 is 0 Å². The van der Waals surface area contributed by atoms with Crippen molar-refractivity contribution in [3.8, 4) is 11.8 Å². The molecular weight excluding hydrogens is 168 g/mol. The molecule has 0 saturated heterocycles. The molecule has 14 heavy (non-hydrogen) atoms. The summed E-state index contributed by atoms with van der Waals surface area (Å²) < 4.78 is 0. The lowest BCUT2D eigenvalue weighted by atomic mass is 10.1. The minimum Gasteiger partial charge on any atom is -0.0948 e. The molecule has 0 aromatic rings. The highest BCUT2D eigenvalue weighted by Gasteiger charge is 2.11. The van der Waals surface area contributed by atoms with Gasteiger partial charge < -0.3 is 0 Å². The molecule has 0 aliphatic heterocycles. The fourth-order valence-electron chi connectivity index (χ4n) is 1.94. The SMILES string of the molecule is C(#CC1CCCC1)C1=CC=CC=CC1. The normalized spacial score (nSPS) is 21.3. The molecular formula is C14H16. The topological polar surface area (TPSA) is 0 Å². The molecule has 0 bridgehead atoms. The molecule has 72 valence electrons. The number of rotatable bonds is 0. The van der Waals surface area contributed by atoms with Crippen LogP contribution < -0.4 is 0 Å². The second-order valence-corrected chi connectivity index (χ2v) is 3.96. The molecule has 0 N–H and O–H groups in total. The van der Waals surface area contributed by atoms with E-state index in [-0.39, 0.29) is 0 Å². The third-order valence-corrected chi connectivity index (χ3v) is 2.79. The van der Waals surface area contributed by atoms with Gasteiger partial charge in [-0.15, -0.1) is 0 Å². The predicted octanol–water partition coefficient (Wildman–Crippen LogP) is 3.62. The van der Waals surface area contributed by atoms with E-state index in [0.29, 0.717) is 5.92 Å². The van der Waals surface area contributed by atoms with E-state index in [4.69, 9.17) is 0 Å². The highest BCUT2D eigenvalue weighted by atomic mass is 14.1. The minimum atomic E-state index is 0.673. The van der Waals surface area contributed by atoms with Gasteiger partial charge >= 0.3 is 0 Å². The second kappa shape index (κ2) is 4.86. The van der Waals surface area contributed by atoms with Gasteiger partial charge in [0, 0.05) is 11.5 Å². The van der Waals surface area contributed by atoms with Gasteiger partial charge in [-0.25, -0.2) is 0 Å². The molecule has 0 aromatic carbocycles. The fourth-order valence-corrected chi connectivity index (χ4v) is 1.94. The maximum Gasteiger partial charge on any atom is 0.0206 e. The summed E-state index contributed by atoms with van der Waals surface area (Å²) in [4.78, 5) is 0. The summed E-state index contributed by atoms with van der Waals surface area (Å²) in [7, 11) is 0. The fraction of sp³-hybridized carbons (Fsp3) is 0.429. The quantitative estimate of drug-likeness (QED) is 0.504. The summed E-state index contributed by atoms with van der Waals surface area (Å²) in [6.45, 7) is 0. The summed E-state index contributed by atoms with van der Waals surface area (Å²) in [5, 5.41) is 0. The highest BCUT2D eigenvalue weighted by Crippen LogP contribution is 2.23. The molecule has 0 unspecified atom stereocenters. The second-order valence-electron chi connectivity index (χ2n) is 3.96. The Morgan fingerprint density at radius 3 is 2.79 bits per heavy atom. The van der Waals surface area contributed by atoms with Crippen LogP contribution in [0.2, 0.25) is 0 Å². The minimum absolute atomic E-state index is 0.673. The first-order chi connectivity index (χ1) is 6.95. The van der Waals surface area contributed by atoms with Crippen LogP contribution in [0.5, 0.6) is 0 Å². The summed E-state index contributed by atoms with van der Waals surface area (Å²) in [6.07, 6.45) is 16.9. The van der Waals surface area contributed by atoms with Crippen LogP contribution >= 0.6 is 0 Å². The van der Waals surface area contributed by atoms with Gasteiger partial charge in [0.15, 0.2) is 0 Å². The Labute approximate surface area is 86.4 Å². The Morgan fingerprint density at radius 1 is 1.07 bits per heavy atom. The van der Waals surface area contributed by atoms with E-state index in [1.54, 1.807) is 0 Å². The molecule has 2 aliphatic rings. The maximum absolute atomic E-state index is 3.39. The molecule has 0 heterocycles. The zero-order valence-corrected chi connectivity index (χ0v) is 8.50. The van der Waals surface area contributed by atoms with Crippen molar-refractivity contribution in [3.05, 3.63) is 36.0 Å². The van der Waals surface area contributed by atoms with Crippen molar-refractivity contribution in [2.75, 3.05) is 0 Å². The molecule has 2 aliphatic carbocycles. The first-order valence-electron chi connectivity index (χ1n) is 5.49. The van der Waals surface area contributed by atoms with Crippen LogP contribution in [-0.4, -0.2) is 0 Å². The van der Waals surface area contributed by atoms with Crippen LogP contribution in [-0.2, 0) is 0 Å². The lowest BCUT2D eigenvalue weighted by Gasteiger charge is -1.96. The van der Waals surface area contributed by atoms with E-state index in [9.17, 15) is 0 Å². The van der Waals surface area contributed by atoms with Crippen LogP contribution in [0.3, 0.4) is 0 Å². The van der Waals surface area contributed by atoms with E-state index in [0.717, 1.165) is 6.42 Å². The Bertz CT molecular complexity index is 325. The first-order valence-corrected chi connectivity index (χ1v) is 5.49. The Kier molecular flexibility index (Phi) is 3.24. The molecule has 0 nitrogen and oxygen atoms in total. The standard InChI is InChI=1S/C14H16/c1-2-4-8-13(7-3-1)11-12-14-9-5-6-10-14/h1-4,7,14H,5-6,8-10H2. The van der Waals surface area contributed by atoms with Crippen molar-refractivity contribution in [2.24, 2.45) is 5.92 Å². The predicted molar refractivity (Wildman–Crippen MR) is 60.7 cm³/mol. The molecule has 1 fully saturated rings. The average Bonchev–Trinajstić information content (AvgIpc) is 2.58. The van der Waals surface area contributed by atoms with E-state index in [1.807, 2.05) is 0 Å². The summed E-state index contributed by atoms with van der Waals surface area (Å²) >= 11 is 0. The lowest BCUT2D eigenvalue weighted by Crippen LogP contribution is -1.86. The van der Waals surface area contributed by atoms with E-state index in [2.05, 4.69) is 42.2 Å². The Hall–Kier alpha value is -1.22. The van der Waals surface area contributed by atoms with Gasteiger partial charge in [0.25, 0.3) is 0 Å². The summed E-state index contributed by atoms with van der Waals surface area (Å²) in [5.41, 5.74) is 1.25. The van der Waals surface area contributed by atoms with Crippen LogP contribution in [0, 0.1) is 17.8 Å². The van der Waals surface area contributed by atoms with Crippen LogP contribution in [0.15, 0.2) is 36.0 Å². The van der Waals surface area contributed by atoms with E-state index in [1.165, 1.54) is 31.3 Å². The van der Waals surface area contributed by atoms with Gasteiger partial charge in [0.2, 0.25) is 0 Å². The number of hydrogen-bond donors (Lipinski definition) is 0. The third kappa shape index (κ3) is 2.64. The molecule has 0 spiro atoms. The summed E-state index contributed by atoms with van der Waals surface area (Å²) in [6, 6.07) is 0. The van der Waals surface area contributed by atoms with Crippen molar-refractivity contribution in [2.45, 2.75) is 32.1 Å². The zero-order chi connectivity index (χ0) is 9.64. The van der Waals surface area contributed by atoms with Gasteiger partial charge in [0.05, 0.1) is 0 Å². The van der Waals surface area contributed by atoms with E-state index >= 15 is 0 Å². The molecule has 0 atom stereocenters. The Morgan fingerprint density at radius 2 is 1.93 bits per heavy atom. The van der Waals surface area contributed by atoms with Crippen LogP contribution in [0.4, 0.5) is 0 Å². The van der Waals surface area contributed by atoms with Crippen molar-refractivity contribution < 1.29 is 0 Å². The number of hydrogen-bond acceptors (Lipinski definition) is 0. The smallest absolute Gasteiger partial charge is 0.0206 e. The molecule has 1 saturated carbocycles. The van der Waals surface area contributed by atoms with Gasteiger partial charge in [-0.1, -0.05) is 55.1 Å². The van der Waals surface area contributed by atoms with Crippen LogP contribution in [0.1, 0.15) is 32.1 Å². The third-order valence-electron chi connectivity index (χ3n) is 2.79. The van der Waals surface area contributed by atoms with Gasteiger partial charge in [-0.3, -0.25) is 0 Å². The van der Waals surface area contributed by atoms with Crippen molar-refractivity contribution >= 4 is 0 Å². The molecule has 2 rings (SSSR count). The largest absolute Gasteiger partial charge is 0.0948 e. The zero-order valence-electron chi connectivity index (χ0n) is 8.50. The molecule has 0 radical (unpaired) electrons. The highest BCUT2D eigenvalue weighted by molar-refractivity contribution is 5.36. The summed E-state index contributed by atoms with van der Waals surface area (Å²) in [5.74, 6) is 7.38. The maximum atomic E-state index is 3.39. The Balaban J connectivity index is 1.98. The molecule has 0 aromatic heterocycles. The number of allylic oxidation sites excluding steroid dienone is 6. The first kappa shape index (κ1) is 9.34. The average molecular weight is 184 g/mol. The monoisotopic (exact) mass is 184 g/mol. The van der Waals surface area contributed by atoms with Gasteiger partial charge in [-0.2, -0.15) is 0 Å². The van der Waals surface area contributed by atoms with Crippen molar-refractivity contribution in [1.82, 2.24) is 0 Å². The molecule has 0 amide bonds. The van der Waals surface area contributed by atoms with Gasteiger partial charge in [0.1, 0.15) is 0 Å². The van der Waals surface area contributed by atoms with Crippen LogP contribution in [0.25, 0.3) is 0 Å². The van der Waals surface area contributed by atoms with Crippen molar-refractivity contribution in [3.63, 3.8) is 0 Å².